The highest BCUT2D eigenvalue weighted by atomic mass is 16.5. The van der Waals surface area contributed by atoms with Crippen LogP contribution in [0.4, 0.5) is 11.4 Å². The average molecular weight is 521 g/mol. The van der Waals surface area contributed by atoms with Crippen LogP contribution in [0.25, 0.3) is 6.08 Å². The maximum atomic E-state index is 12.6. The molecule has 0 radical (unpaired) electrons. The van der Waals surface area contributed by atoms with E-state index in [9.17, 15) is 9.59 Å². The van der Waals surface area contributed by atoms with Crippen LogP contribution in [0.1, 0.15) is 105 Å². The first-order valence-electron chi connectivity index (χ1n) is 14.2. The maximum absolute atomic E-state index is 12.6. The number of hydrogen-bond acceptors (Lipinski definition) is 6. The van der Waals surface area contributed by atoms with Gasteiger partial charge in [0.05, 0.1) is 12.2 Å². The molecule has 0 amide bonds. The first-order chi connectivity index (χ1) is 18.3. The Morgan fingerprint density at radius 2 is 1.61 bits per heavy atom. The van der Waals surface area contributed by atoms with Gasteiger partial charge in [0, 0.05) is 23.4 Å². The van der Waals surface area contributed by atoms with Crippen LogP contribution in [0.15, 0.2) is 48.5 Å². The third kappa shape index (κ3) is 9.88. The predicted octanol–water partition coefficient (Wildman–Crippen LogP) is 7.29. The lowest BCUT2D eigenvalue weighted by Crippen LogP contribution is -2.24. The summed E-state index contributed by atoms with van der Waals surface area (Å²) >= 11 is 0. The van der Waals surface area contributed by atoms with Gasteiger partial charge in [-0.1, -0.05) is 64.5 Å². The summed E-state index contributed by atoms with van der Waals surface area (Å²) in [6.45, 7) is 4.42. The van der Waals surface area contributed by atoms with E-state index in [1.54, 1.807) is 36.4 Å². The number of esters is 2. The number of hydrogen-bond donors (Lipinski definition) is 2. The van der Waals surface area contributed by atoms with Crippen LogP contribution < -0.4 is 11.5 Å². The molecule has 1 saturated carbocycles. The molecule has 0 bridgehead atoms. The fraction of sp³-hybridized carbons (Fsp3) is 0.500. The van der Waals surface area contributed by atoms with Gasteiger partial charge in [-0.2, -0.15) is 0 Å². The van der Waals surface area contributed by atoms with Crippen LogP contribution in [0.3, 0.4) is 0 Å². The van der Waals surface area contributed by atoms with Crippen LogP contribution in [-0.2, 0) is 14.3 Å². The third-order valence-electron chi connectivity index (χ3n) is 7.39. The number of unbranched alkanes of at least 4 members (excludes halogenated alkanes) is 4. The summed E-state index contributed by atoms with van der Waals surface area (Å²) < 4.78 is 11.1. The van der Waals surface area contributed by atoms with Gasteiger partial charge in [-0.3, -0.25) is 0 Å². The topological polar surface area (TPSA) is 105 Å². The Labute approximate surface area is 227 Å². The van der Waals surface area contributed by atoms with E-state index in [0.717, 1.165) is 42.7 Å². The van der Waals surface area contributed by atoms with E-state index in [2.05, 4.69) is 6.92 Å². The Morgan fingerprint density at radius 1 is 0.947 bits per heavy atom. The first-order valence-corrected chi connectivity index (χ1v) is 14.2. The molecule has 1 aliphatic carbocycles. The molecule has 0 aliphatic heterocycles. The van der Waals surface area contributed by atoms with Gasteiger partial charge in [0.1, 0.15) is 6.10 Å². The molecular formula is C32H44N2O4. The van der Waals surface area contributed by atoms with Gasteiger partial charge < -0.3 is 20.9 Å². The number of carbonyl (C=O) groups is 2. The Morgan fingerprint density at radius 3 is 2.26 bits per heavy atom. The SMILES string of the molecule is CCCCCCCC1CCC(OC(=O)c2ccc(C=CC(=O)OCC(C)c3cc(N)cc(N)c3)cc2)CC1. The van der Waals surface area contributed by atoms with Crippen molar-refractivity contribution in [1.82, 2.24) is 0 Å². The number of rotatable bonds is 13. The van der Waals surface area contributed by atoms with Crippen molar-refractivity contribution in [1.29, 1.82) is 0 Å². The van der Waals surface area contributed by atoms with Crippen molar-refractivity contribution >= 4 is 29.4 Å². The normalized spacial score (nSPS) is 18.3. The van der Waals surface area contributed by atoms with Crippen LogP contribution in [-0.4, -0.2) is 24.6 Å². The molecule has 38 heavy (non-hydrogen) atoms. The highest BCUT2D eigenvalue weighted by molar-refractivity contribution is 5.90. The zero-order valence-corrected chi connectivity index (χ0v) is 23.0. The van der Waals surface area contributed by atoms with Crippen molar-refractivity contribution in [3.8, 4) is 0 Å². The van der Waals surface area contributed by atoms with Crippen molar-refractivity contribution in [3.05, 3.63) is 65.2 Å². The van der Waals surface area contributed by atoms with Crippen LogP contribution >= 0.6 is 0 Å². The molecule has 0 aromatic heterocycles. The molecule has 0 saturated heterocycles. The second-order valence-corrected chi connectivity index (χ2v) is 10.7. The van der Waals surface area contributed by atoms with E-state index in [1.807, 2.05) is 19.1 Å². The van der Waals surface area contributed by atoms with Gasteiger partial charge >= 0.3 is 11.9 Å². The van der Waals surface area contributed by atoms with E-state index in [1.165, 1.54) is 44.6 Å². The van der Waals surface area contributed by atoms with E-state index < -0.39 is 5.97 Å². The summed E-state index contributed by atoms with van der Waals surface area (Å²) in [5, 5.41) is 0. The number of ether oxygens (including phenoxy) is 2. The molecule has 6 heteroatoms. The lowest BCUT2D eigenvalue weighted by atomic mass is 9.84. The number of nitrogen functional groups attached to an aromatic ring is 2. The monoisotopic (exact) mass is 520 g/mol. The molecule has 2 aromatic rings. The number of anilines is 2. The summed E-state index contributed by atoms with van der Waals surface area (Å²) in [5.41, 5.74) is 15.1. The molecule has 4 N–H and O–H groups in total. The van der Waals surface area contributed by atoms with Gasteiger partial charge in [0.15, 0.2) is 0 Å². The van der Waals surface area contributed by atoms with Crippen LogP contribution in [0.5, 0.6) is 0 Å². The molecule has 6 nitrogen and oxygen atoms in total. The Balaban J connectivity index is 1.38. The van der Waals surface area contributed by atoms with Gasteiger partial charge in [-0.15, -0.1) is 0 Å². The summed E-state index contributed by atoms with van der Waals surface area (Å²) in [4.78, 5) is 24.8. The van der Waals surface area contributed by atoms with Gasteiger partial charge in [0.2, 0.25) is 0 Å². The Bertz CT molecular complexity index is 1040. The molecule has 0 spiro atoms. The largest absolute Gasteiger partial charge is 0.462 e. The predicted molar refractivity (Wildman–Crippen MR) is 155 cm³/mol. The fourth-order valence-electron chi connectivity index (χ4n) is 5.03. The van der Waals surface area contributed by atoms with Gasteiger partial charge in [-0.25, -0.2) is 9.59 Å². The lowest BCUT2D eigenvalue weighted by Gasteiger charge is -2.28. The number of benzene rings is 2. The molecule has 0 heterocycles. The summed E-state index contributed by atoms with van der Waals surface area (Å²) in [6.07, 6.45) is 15.2. The van der Waals surface area contributed by atoms with Gasteiger partial charge in [0.25, 0.3) is 0 Å². The number of carbonyl (C=O) groups excluding carboxylic acids is 2. The average Bonchev–Trinajstić information content (AvgIpc) is 2.91. The quantitative estimate of drug-likeness (QED) is 0.124. The molecular weight excluding hydrogens is 476 g/mol. The second-order valence-electron chi connectivity index (χ2n) is 10.7. The van der Waals surface area contributed by atoms with E-state index >= 15 is 0 Å². The standard InChI is InChI=1S/C32H44N2O4/c1-3-4-5-6-7-8-24-11-16-30(17-12-24)38-32(36)26-14-9-25(10-15-26)13-18-31(35)37-22-23(2)27-19-28(33)21-29(34)20-27/h9-10,13-15,18-21,23-24,30H,3-8,11-12,16-17,22,33-34H2,1-2H3. The zero-order chi connectivity index (χ0) is 27.3. The van der Waals surface area contributed by atoms with Crippen molar-refractivity contribution in [2.24, 2.45) is 5.92 Å². The van der Waals surface area contributed by atoms with Crippen molar-refractivity contribution in [2.75, 3.05) is 18.1 Å². The Hall–Kier alpha value is -3.28. The third-order valence-corrected chi connectivity index (χ3v) is 7.39. The minimum Gasteiger partial charge on any atom is -0.462 e. The van der Waals surface area contributed by atoms with Crippen LogP contribution in [0, 0.1) is 5.92 Å². The molecule has 1 fully saturated rings. The molecule has 1 aliphatic rings. The fourth-order valence-corrected chi connectivity index (χ4v) is 5.03. The smallest absolute Gasteiger partial charge is 0.338 e. The maximum Gasteiger partial charge on any atom is 0.338 e. The van der Waals surface area contributed by atoms with E-state index in [4.69, 9.17) is 20.9 Å². The minimum atomic E-state index is -0.436. The molecule has 206 valence electrons. The summed E-state index contributed by atoms with van der Waals surface area (Å²) in [6, 6.07) is 12.4. The van der Waals surface area contributed by atoms with Crippen LogP contribution in [0.2, 0.25) is 0 Å². The van der Waals surface area contributed by atoms with E-state index in [0.29, 0.717) is 16.9 Å². The van der Waals surface area contributed by atoms with Crippen molar-refractivity contribution in [2.45, 2.75) is 90.1 Å². The first kappa shape index (κ1) is 29.3. The summed E-state index contributed by atoms with van der Waals surface area (Å²) in [7, 11) is 0. The van der Waals surface area contributed by atoms with Gasteiger partial charge in [-0.05, 0) is 79.1 Å². The second kappa shape index (κ2) is 15.2. The highest BCUT2D eigenvalue weighted by Crippen LogP contribution is 2.30. The van der Waals surface area contributed by atoms with E-state index in [-0.39, 0.29) is 24.6 Å². The molecule has 1 unspecified atom stereocenters. The molecule has 3 rings (SSSR count). The molecule has 1 atom stereocenters. The zero-order valence-electron chi connectivity index (χ0n) is 23.0. The number of nitrogens with two attached hydrogens (primary N) is 2. The lowest BCUT2D eigenvalue weighted by molar-refractivity contribution is -0.138. The summed E-state index contributed by atoms with van der Waals surface area (Å²) in [5.74, 6) is 0.0328. The molecule has 2 aromatic carbocycles. The van der Waals surface area contributed by atoms with Crippen molar-refractivity contribution < 1.29 is 19.1 Å². The minimum absolute atomic E-state index is 0.0133. The Kier molecular flexibility index (Phi) is 11.7. The van der Waals surface area contributed by atoms with Crippen molar-refractivity contribution in [3.63, 3.8) is 0 Å². The highest BCUT2D eigenvalue weighted by Gasteiger charge is 2.24.